The molecule has 5 fully saturated rings. The molecule has 0 radical (unpaired) electrons. The van der Waals surface area contributed by atoms with Gasteiger partial charge >= 0.3 is 0 Å². The van der Waals surface area contributed by atoms with Crippen LogP contribution in [0, 0.1) is 23.1 Å². The monoisotopic (exact) mass is 528 g/mol. The number of amides is 3. The Bertz CT molecular complexity index is 1440. The number of nitriles is 1. The van der Waals surface area contributed by atoms with E-state index in [1.165, 1.54) is 6.07 Å². The van der Waals surface area contributed by atoms with E-state index in [-0.39, 0.29) is 47.5 Å². The van der Waals surface area contributed by atoms with Gasteiger partial charge in [-0.1, -0.05) is 12.5 Å². The van der Waals surface area contributed by atoms with Crippen molar-refractivity contribution in [3.63, 3.8) is 0 Å². The third kappa shape index (κ3) is 3.76. The van der Waals surface area contributed by atoms with E-state index in [9.17, 15) is 18.8 Å². The number of nitrogens with zero attached hydrogens (tertiary/aromatic N) is 3. The van der Waals surface area contributed by atoms with Crippen LogP contribution >= 0.6 is 0 Å². The smallest absolute Gasteiger partial charge is 0.255 e. The largest absolute Gasteiger partial charge is 0.489 e. The predicted octanol–water partition coefficient (Wildman–Crippen LogP) is 3.25. The summed E-state index contributed by atoms with van der Waals surface area (Å²) in [6, 6.07) is 12.5. The molecular weight excluding hydrogens is 499 g/mol. The Kier molecular flexibility index (Phi) is 5.53. The van der Waals surface area contributed by atoms with Crippen molar-refractivity contribution in [2.45, 2.75) is 68.7 Å². The van der Waals surface area contributed by atoms with Crippen molar-refractivity contribution in [2.75, 3.05) is 13.1 Å². The van der Waals surface area contributed by atoms with Gasteiger partial charge < -0.3 is 9.64 Å². The van der Waals surface area contributed by atoms with Gasteiger partial charge in [0.25, 0.3) is 11.8 Å². The minimum Gasteiger partial charge on any atom is -0.489 e. The molecule has 8 rings (SSSR count). The van der Waals surface area contributed by atoms with E-state index in [0.29, 0.717) is 41.8 Å². The lowest BCUT2D eigenvalue weighted by atomic mass is 9.63. The molecule has 9 heteroatoms. The fraction of sp³-hybridized carbons (Fsp3) is 0.467. The van der Waals surface area contributed by atoms with Crippen molar-refractivity contribution in [2.24, 2.45) is 5.92 Å². The first-order valence-electron chi connectivity index (χ1n) is 13.8. The molecule has 2 aromatic carbocycles. The van der Waals surface area contributed by atoms with Gasteiger partial charge in [0, 0.05) is 43.1 Å². The average Bonchev–Trinajstić information content (AvgIpc) is 3.20. The summed E-state index contributed by atoms with van der Waals surface area (Å²) in [5.74, 6) is -0.470. The lowest BCUT2D eigenvalue weighted by molar-refractivity contribution is -0.160. The Morgan fingerprint density at radius 2 is 1.82 bits per heavy atom. The third-order valence-electron chi connectivity index (χ3n) is 9.50. The Morgan fingerprint density at radius 1 is 1.03 bits per heavy atom. The molecule has 0 aromatic heterocycles. The zero-order valence-corrected chi connectivity index (χ0v) is 21.5. The van der Waals surface area contributed by atoms with Crippen molar-refractivity contribution in [1.82, 2.24) is 15.1 Å². The van der Waals surface area contributed by atoms with Gasteiger partial charge in [0.2, 0.25) is 5.91 Å². The van der Waals surface area contributed by atoms with E-state index in [2.05, 4.69) is 10.2 Å². The van der Waals surface area contributed by atoms with Crippen LogP contribution in [0.4, 0.5) is 4.39 Å². The van der Waals surface area contributed by atoms with E-state index in [1.807, 2.05) is 18.2 Å². The van der Waals surface area contributed by atoms with Gasteiger partial charge in [0.15, 0.2) is 0 Å². The van der Waals surface area contributed by atoms with Crippen molar-refractivity contribution < 1.29 is 23.5 Å². The van der Waals surface area contributed by atoms with Crippen LogP contribution in [0.15, 0.2) is 36.4 Å². The fourth-order valence-corrected chi connectivity index (χ4v) is 7.23. The van der Waals surface area contributed by atoms with Crippen LogP contribution < -0.4 is 10.1 Å². The van der Waals surface area contributed by atoms with Crippen molar-refractivity contribution in [3.05, 3.63) is 64.5 Å². The molecule has 3 amide bonds. The molecule has 2 saturated carbocycles. The summed E-state index contributed by atoms with van der Waals surface area (Å²) in [4.78, 5) is 41.8. The van der Waals surface area contributed by atoms with E-state index < -0.39 is 5.54 Å². The average molecular weight is 529 g/mol. The molecule has 2 atom stereocenters. The Morgan fingerprint density at radius 3 is 2.56 bits per heavy atom. The number of piperidine rings is 2. The van der Waals surface area contributed by atoms with E-state index in [4.69, 9.17) is 10.00 Å². The fourth-order valence-electron chi connectivity index (χ4n) is 7.23. The molecule has 6 aliphatic rings. The number of carbonyl (C=O) groups is 3. The summed E-state index contributed by atoms with van der Waals surface area (Å²) < 4.78 is 21.1. The Labute approximate surface area is 225 Å². The Hall–Kier alpha value is -3.77. The summed E-state index contributed by atoms with van der Waals surface area (Å²) in [6.07, 6.45) is 4.94. The van der Waals surface area contributed by atoms with Crippen LogP contribution in [0.25, 0.3) is 0 Å². The quantitative estimate of drug-likeness (QED) is 0.598. The normalized spacial score (nSPS) is 30.2. The predicted molar refractivity (Wildman–Crippen MR) is 137 cm³/mol. The maximum Gasteiger partial charge on any atom is 0.255 e. The molecule has 0 spiro atoms. The SMILES string of the molecule is N#Cc1ccc(C2CN([C@H]3CCCC[C@H]3Oc3ccc4c(c3)CN(C35CC(C3)C(=O)NC5=O)C4=O)C2)c(F)c1. The summed E-state index contributed by atoms with van der Waals surface area (Å²) >= 11 is 0. The molecule has 200 valence electrons. The number of fused-ring (bicyclic) bond motifs is 3. The number of ether oxygens (including phenoxy) is 1. The molecule has 39 heavy (non-hydrogen) atoms. The minimum atomic E-state index is -0.924. The van der Waals surface area contributed by atoms with E-state index in [0.717, 1.165) is 44.3 Å². The van der Waals surface area contributed by atoms with Crippen molar-refractivity contribution in [1.29, 1.82) is 5.26 Å². The zero-order chi connectivity index (χ0) is 26.9. The maximum atomic E-state index is 14.5. The van der Waals surface area contributed by atoms with Gasteiger partial charge in [0.1, 0.15) is 23.2 Å². The number of likely N-dealkylation sites (tertiary alicyclic amines) is 1. The number of benzene rings is 2. The number of hydrogen-bond acceptors (Lipinski definition) is 6. The van der Waals surface area contributed by atoms with E-state index in [1.54, 1.807) is 23.1 Å². The van der Waals surface area contributed by atoms with Crippen LogP contribution in [-0.4, -0.2) is 58.3 Å². The number of rotatable bonds is 5. The third-order valence-corrected chi connectivity index (χ3v) is 9.50. The van der Waals surface area contributed by atoms with Gasteiger partial charge in [-0.2, -0.15) is 5.26 Å². The van der Waals surface area contributed by atoms with Crippen LogP contribution in [0.5, 0.6) is 5.75 Å². The molecule has 1 N–H and O–H groups in total. The first kappa shape index (κ1) is 24.3. The van der Waals surface area contributed by atoms with Gasteiger partial charge in [-0.05, 0) is 73.6 Å². The molecule has 2 aromatic rings. The van der Waals surface area contributed by atoms with E-state index >= 15 is 0 Å². The minimum absolute atomic E-state index is 0.00196. The number of imide groups is 1. The van der Waals surface area contributed by atoms with Crippen LogP contribution in [0.3, 0.4) is 0 Å². The van der Waals surface area contributed by atoms with Gasteiger partial charge in [0.05, 0.1) is 11.6 Å². The molecule has 2 aliphatic carbocycles. The molecule has 8 nitrogen and oxygen atoms in total. The zero-order valence-electron chi connectivity index (χ0n) is 21.5. The first-order valence-corrected chi connectivity index (χ1v) is 13.8. The summed E-state index contributed by atoms with van der Waals surface area (Å²) in [7, 11) is 0. The number of halogens is 1. The molecule has 4 aliphatic heterocycles. The number of hydrogen-bond donors (Lipinski definition) is 1. The second-order valence-electron chi connectivity index (χ2n) is 11.7. The van der Waals surface area contributed by atoms with Crippen LogP contribution in [0.1, 0.15) is 71.5 Å². The van der Waals surface area contributed by atoms with Gasteiger partial charge in [-0.15, -0.1) is 0 Å². The molecule has 0 unspecified atom stereocenters. The molecular formula is C30H29FN4O4. The topological polar surface area (TPSA) is 103 Å². The Balaban J connectivity index is 1.03. The summed E-state index contributed by atoms with van der Waals surface area (Å²) in [5.41, 5.74) is 1.50. The lowest BCUT2D eigenvalue weighted by Crippen LogP contribution is -2.73. The standard InChI is InChI=1S/C30H29FN4O4/c31-24-9-17(13-32)5-7-22(24)20-14-34(15-20)25-3-1-2-4-26(25)39-21-6-8-23-18(10-21)16-35(28(23)37)30-11-19(12-30)27(36)33-29(30)38/h5-10,19-20,25-26H,1-4,11-12,14-16H2,(H,33,36,38)/t19?,25-,26+,30?/m0/s1. The summed E-state index contributed by atoms with van der Waals surface area (Å²) in [5, 5.41) is 11.4. The van der Waals surface area contributed by atoms with Crippen LogP contribution in [-0.2, 0) is 16.1 Å². The highest BCUT2D eigenvalue weighted by molar-refractivity contribution is 6.10. The molecule has 3 saturated heterocycles. The van der Waals surface area contributed by atoms with Gasteiger partial charge in [-0.25, -0.2) is 4.39 Å². The molecule has 2 bridgehead atoms. The van der Waals surface area contributed by atoms with Gasteiger partial charge in [-0.3, -0.25) is 24.6 Å². The molecule has 4 heterocycles. The number of carbonyl (C=O) groups excluding carboxylic acids is 3. The summed E-state index contributed by atoms with van der Waals surface area (Å²) in [6.45, 7) is 1.85. The second-order valence-corrected chi connectivity index (χ2v) is 11.7. The van der Waals surface area contributed by atoms with Crippen molar-refractivity contribution in [3.8, 4) is 11.8 Å². The lowest BCUT2D eigenvalue weighted by Gasteiger charge is -2.53. The highest BCUT2D eigenvalue weighted by atomic mass is 19.1. The maximum absolute atomic E-state index is 14.5. The van der Waals surface area contributed by atoms with Crippen molar-refractivity contribution >= 4 is 17.7 Å². The highest BCUT2D eigenvalue weighted by Crippen LogP contribution is 2.49. The highest BCUT2D eigenvalue weighted by Gasteiger charge is 2.63. The number of nitrogens with one attached hydrogen (secondary N) is 1. The second kappa shape index (κ2) is 8.88. The first-order chi connectivity index (χ1) is 18.9. The van der Waals surface area contributed by atoms with Crippen LogP contribution in [0.2, 0.25) is 0 Å².